The second-order valence-corrected chi connectivity index (χ2v) is 9.16. The summed E-state index contributed by atoms with van der Waals surface area (Å²) in [6, 6.07) is 16.3. The third kappa shape index (κ3) is 3.40. The molecule has 1 aliphatic rings. The fourth-order valence-corrected chi connectivity index (χ4v) is 5.67. The number of benzene rings is 2. The highest BCUT2D eigenvalue weighted by molar-refractivity contribution is 9.10. The topological polar surface area (TPSA) is 73.5 Å². The van der Waals surface area contributed by atoms with Crippen molar-refractivity contribution in [2.45, 2.75) is 4.90 Å². The Hall–Kier alpha value is -2.16. The first kappa shape index (κ1) is 18.2. The number of halogens is 1. The summed E-state index contributed by atoms with van der Waals surface area (Å²) in [6.45, 7) is 1.26. The van der Waals surface area contributed by atoms with Crippen molar-refractivity contribution in [1.29, 1.82) is 0 Å². The number of rotatable bonds is 3. The van der Waals surface area contributed by atoms with Gasteiger partial charge < -0.3 is 9.88 Å². The predicted octanol–water partition coefficient (Wildman–Crippen LogP) is 3.08. The van der Waals surface area contributed by atoms with E-state index in [0.29, 0.717) is 23.3 Å². The van der Waals surface area contributed by atoms with E-state index in [2.05, 4.69) is 20.9 Å². The van der Waals surface area contributed by atoms with E-state index in [9.17, 15) is 13.2 Å². The first-order chi connectivity index (χ1) is 13.0. The molecule has 27 heavy (non-hydrogen) atoms. The number of piperazine rings is 1. The molecule has 0 saturated carbocycles. The van der Waals surface area contributed by atoms with Crippen LogP contribution in [0.5, 0.6) is 0 Å². The lowest BCUT2D eigenvalue weighted by molar-refractivity contribution is 0.0693. The Labute approximate surface area is 166 Å². The molecule has 1 fully saturated rings. The summed E-state index contributed by atoms with van der Waals surface area (Å²) in [6.07, 6.45) is 0. The molecule has 4 rings (SSSR count). The molecule has 2 heterocycles. The number of carbonyl (C=O) groups excluding carboxylic acids is 1. The highest BCUT2D eigenvalue weighted by atomic mass is 79.9. The number of H-pyrrole nitrogens is 1. The molecule has 1 N–H and O–H groups in total. The van der Waals surface area contributed by atoms with Gasteiger partial charge in [0.05, 0.1) is 4.90 Å². The number of fused-ring (bicyclic) bond motifs is 1. The van der Waals surface area contributed by atoms with Crippen LogP contribution in [0.15, 0.2) is 64.0 Å². The molecule has 0 aliphatic carbocycles. The van der Waals surface area contributed by atoms with Gasteiger partial charge in [-0.25, -0.2) is 8.42 Å². The fourth-order valence-electron chi connectivity index (χ4n) is 3.28. The normalized spacial score (nSPS) is 16.0. The monoisotopic (exact) mass is 447 g/mol. The molecule has 0 radical (unpaired) electrons. The van der Waals surface area contributed by atoms with E-state index in [1.165, 1.54) is 4.31 Å². The Balaban J connectivity index is 1.48. The van der Waals surface area contributed by atoms with E-state index in [-0.39, 0.29) is 23.9 Å². The zero-order chi connectivity index (χ0) is 19.0. The van der Waals surface area contributed by atoms with Crippen LogP contribution in [-0.4, -0.2) is 54.7 Å². The van der Waals surface area contributed by atoms with Gasteiger partial charge in [0.2, 0.25) is 10.0 Å². The van der Waals surface area contributed by atoms with Gasteiger partial charge in [0.25, 0.3) is 5.91 Å². The van der Waals surface area contributed by atoms with Crippen LogP contribution in [0, 0.1) is 0 Å². The first-order valence-corrected chi connectivity index (χ1v) is 10.8. The number of para-hydroxylation sites is 1. The second-order valence-electron chi connectivity index (χ2n) is 6.40. The maximum atomic E-state index is 12.9. The number of aromatic amines is 1. The number of hydrogen-bond donors (Lipinski definition) is 1. The van der Waals surface area contributed by atoms with Gasteiger partial charge in [-0.3, -0.25) is 4.79 Å². The van der Waals surface area contributed by atoms with Gasteiger partial charge in [0.15, 0.2) is 0 Å². The lowest BCUT2D eigenvalue weighted by Crippen LogP contribution is -2.50. The van der Waals surface area contributed by atoms with Crippen molar-refractivity contribution in [3.8, 4) is 0 Å². The summed E-state index contributed by atoms with van der Waals surface area (Å²) < 4.78 is 27.7. The molecule has 1 saturated heterocycles. The number of aromatic nitrogens is 1. The van der Waals surface area contributed by atoms with Crippen LogP contribution >= 0.6 is 15.9 Å². The summed E-state index contributed by atoms with van der Waals surface area (Å²) in [5, 5.41) is 0.982. The van der Waals surface area contributed by atoms with Crippen LogP contribution in [0.1, 0.15) is 10.5 Å². The molecule has 1 aliphatic heterocycles. The van der Waals surface area contributed by atoms with Crippen LogP contribution in [-0.2, 0) is 10.0 Å². The maximum absolute atomic E-state index is 12.9. The van der Waals surface area contributed by atoms with E-state index >= 15 is 0 Å². The number of carbonyl (C=O) groups is 1. The molecule has 0 bridgehead atoms. The fraction of sp³-hybridized carbons (Fsp3) is 0.211. The smallest absolute Gasteiger partial charge is 0.270 e. The Morgan fingerprint density at radius 3 is 2.33 bits per heavy atom. The number of sulfonamides is 1. The van der Waals surface area contributed by atoms with Crippen molar-refractivity contribution < 1.29 is 13.2 Å². The van der Waals surface area contributed by atoms with Crippen molar-refractivity contribution in [3.63, 3.8) is 0 Å². The van der Waals surface area contributed by atoms with Crippen molar-refractivity contribution in [2.75, 3.05) is 26.2 Å². The largest absolute Gasteiger partial charge is 0.351 e. The summed E-state index contributed by atoms with van der Waals surface area (Å²) in [5.74, 6) is -0.107. The van der Waals surface area contributed by atoms with Gasteiger partial charge in [0, 0.05) is 41.6 Å². The molecule has 8 heteroatoms. The third-order valence-electron chi connectivity index (χ3n) is 4.74. The predicted molar refractivity (Wildman–Crippen MR) is 107 cm³/mol. The van der Waals surface area contributed by atoms with Gasteiger partial charge >= 0.3 is 0 Å². The van der Waals surface area contributed by atoms with Crippen LogP contribution in [0.4, 0.5) is 0 Å². The molecular formula is C19H18BrN3O3S. The quantitative estimate of drug-likeness (QED) is 0.670. The molecule has 2 aromatic carbocycles. The molecule has 1 amide bonds. The van der Waals surface area contributed by atoms with Gasteiger partial charge in [-0.15, -0.1) is 0 Å². The molecular weight excluding hydrogens is 430 g/mol. The number of nitrogens with one attached hydrogen (secondary N) is 1. The van der Waals surface area contributed by atoms with E-state index in [1.54, 1.807) is 29.2 Å². The van der Waals surface area contributed by atoms with Gasteiger partial charge in [-0.05, 0) is 40.2 Å². The van der Waals surface area contributed by atoms with Crippen LogP contribution in [0.3, 0.4) is 0 Å². The average Bonchev–Trinajstić information content (AvgIpc) is 3.12. The minimum atomic E-state index is -3.59. The minimum absolute atomic E-state index is 0.107. The summed E-state index contributed by atoms with van der Waals surface area (Å²) in [5.41, 5.74) is 1.44. The van der Waals surface area contributed by atoms with Crippen molar-refractivity contribution in [2.24, 2.45) is 0 Å². The van der Waals surface area contributed by atoms with E-state index in [1.807, 2.05) is 30.3 Å². The lowest BCUT2D eigenvalue weighted by atomic mass is 10.2. The highest BCUT2D eigenvalue weighted by Gasteiger charge is 2.31. The van der Waals surface area contributed by atoms with Crippen LogP contribution in [0.25, 0.3) is 10.9 Å². The van der Waals surface area contributed by atoms with Gasteiger partial charge in [0.1, 0.15) is 5.69 Å². The first-order valence-electron chi connectivity index (χ1n) is 8.58. The lowest BCUT2D eigenvalue weighted by Gasteiger charge is -2.34. The summed E-state index contributed by atoms with van der Waals surface area (Å²) in [7, 11) is -3.59. The number of nitrogens with zero attached hydrogens (tertiary/aromatic N) is 2. The minimum Gasteiger partial charge on any atom is -0.351 e. The standard InChI is InChI=1S/C19H18BrN3O3S/c20-15-6-2-4-8-18(15)27(25,26)23-11-9-22(10-12-23)19(24)17-13-14-5-1-3-7-16(14)21-17/h1-8,13,21H,9-12H2. The van der Waals surface area contributed by atoms with Crippen molar-refractivity contribution in [1.82, 2.24) is 14.2 Å². The molecule has 3 aromatic rings. The van der Waals surface area contributed by atoms with Crippen molar-refractivity contribution >= 4 is 42.8 Å². The highest BCUT2D eigenvalue weighted by Crippen LogP contribution is 2.26. The van der Waals surface area contributed by atoms with E-state index in [0.717, 1.165) is 10.9 Å². The Morgan fingerprint density at radius 2 is 1.63 bits per heavy atom. The van der Waals surface area contributed by atoms with Crippen molar-refractivity contribution in [3.05, 3.63) is 64.8 Å². The number of hydrogen-bond acceptors (Lipinski definition) is 3. The van der Waals surface area contributed by atoms with E-state index < -0.39 is 10.0 Å². The molecule has 1 aromatic heterocycles. The number of amides is 1. The van der Waals surface area contributed by atoms with Gasteiger partial charge in [-0.1, -0.05) is 30.3 Å². The zero-order valence-corrected chi connectivity index (χ0v) is 16.8. The third-order valence-corrected chi connectivity index (χ3v) is 7.65. The Morgan fingerprint density at radius 1 is 0.963 bits per heavy atom. The molecule has 140 valence electrons. The molecule has 0 atom stereocenters. The molecule has 0 unspecified atom stereocenters. The molecule has 6 nitrogen and oxygen atoms in total. The van der Waals surface area contributed by atoms with Crippen LogP contribution < -0.4 is 0 Å². The van der Waals surface area contributed by atoms with E-state index in [4.69, 9.17) is 0 Å². The average molecular weight is 448 g/mol. The zero-order valence-electron chi connectivity index (χ0n) is 14.4. The Bertz CT molecular complexity index is 1070. The molecule has 0 spiro atoms. The van der Waals surface area contributed by atoms with Gasteiger partial charge in [-0.2, -0.15) is 4.31 Å². The summed E-state index contributed by atoms with van der Waals surface area (Å²) in [4.78, 5) is 17.8. The SMILES string of the molecule is O=C(c1cc2ccccc2[nH]1)N1CCN(S(=O)(=O)c2ccccc2Br)CC1. The summed E-state index contributed by atoms with van der Waals surface area (Å²) >= 11 is 3.31. The maximum Gasteiger partial charge on any atom is 0.270 e. The van der Waals surface area contributed by atoms with Crippen LogP contribution in [0.2, 0.25) is 0 Å². The Kier molecular flexibility index (Phi) is 4.79. The second kappa shape index (κ2) is 7.10.